The summed E-state index contributed by atoms with van der Waals surface area (Å²) in [7, 11) is 3.82. The summed E-state index contributed by atoms with van der Waals surface area (Å²) in [5.74, 6) is -0.874. The highest BCUT2D eigenvalue weighted by Gasteiger charge is 2.11. The Bertz CT molecular complexity index is 349. The van der Waals surface area contributed by atoms with Gasteiger partial charge in [-0.2, -0.15) is 0 Å². The van der Waals surface area contributed by atoms with Crippen LogP contribution in [0, 0.1) is 0 Å². The van der Waals surface area contributed by atoms with Crippen LogP contribution in [-0.2, 0) is 0 Å². The third kappa shape index (κ3) is 2.75. The summed E-state index contributed by atoms with van der Waals surface area (Å²) in [6, 6.07) is 5.45. The number of anilines is 1. The lowest BCUT2D eigenvalue weighted by atomic mass is 9.49. The van der Waals surface area contributed by atoms with Crippen LogP contribution in [-0.4, -0.2) is 31.9 Å². The topological polar surface area (TPSA) is 40.5 Å². The summed E-state index contributed by atoms with van der Waals surface area (Å²) in [5.41, 5.74) is 2.34. The quantitative estimate of drug-likeness (QED) is 0.758. The Morgan fingerprint density at radius 3 is 2.27 bits per heavy atom. The van der Waals surface area contributed by atoms with Gasteiger partial charge in [0.25, 0.3) is 0 Å². The van der Waals surface area contributed by atoms with E-state index in [0.29, 0.717) is 12.3 Å². The molecule has 4 heteroatoms. The molecule has 0 fully saturated rings. The molecule has 0 saturated heterocycles. The van der Waals surface area contributed by atoms with Gasteiger partial charge < -0.3 is 10.0 Å². The summed E-state index contributed by atoms with van der Waals surface area (Å²) in [4.78, 5) is 12.8. The normalized spacial score (nSPS) is 9.87. The van der Waals surface area contributed by atoms with Gasteiger partial charge in [-0.3, -0.25) is 0 Å². The molecule has 0 bridgehead atoms. The molecule has 0 aliphatic heterocycles. The Morgan fingerprint density at radius 1 is 1.27 bits per heavy atom. The lowest BCUT2D eigenvalue weighted by Gasteiger charge is -2.15. The van der Waals surface area contributed by atoms with Crippen molar-refractivity contribution in [2.45, 2.75) is 13.6 Å². The molecular formula is C11H16BNO2. The third-order valence-electron chi connectivity index (χ3n) is 2.37. The molecule has 1 rings (SSSR count). The van der Waals surface area contributed by atoms with E-state index in [1.165, 1.54) is 0 Å². The molecule has 0 radical (unpaired) electrons. The Labute approximate surface area is 90.8 Å². The van der Waals surface area contributed by atoms with Crippen LogP contribution >= 0.6 is 0 Å². The van der Waals surface area contributed by atoms with Gasteiger partial charge in [-0.1, -0.05) is 25.2 Å². The highest BCUT2D eigenvalue weighted by molar-refractivity contribution is 6.70. The molecule has 1 N–H and O–H groups in total. The zero-order chi connectivity index (χ0) is 11.6. The van der Waals surface area contributed by atoms with E-state index in [1.54, 1.807) is 12.1 Å². The fraction of sp³-hybridized carbons (Fsp3) is 0.364. The molecule has 0 spiro atoms. The number of carboxylic acid groups (broad SMARTS) is 1. The molecule has 0 unspecified atom stereocenters. The second kappa shape index (κ2) is 4.38. The van der Waals surface area contributed by atoms with Crippen molar-refractivity contribution in [3.63, 3.8) is 0 Å². The zero-order valence-corrected chi connectivity index (χ0v) is 9.61. The standard InChI is InChI=1S/C11H16BNO2/c1-12(2)9-5-8(11(14)15)6-10(7-9)13(3)4/h5-7H,1-4H3,(H,14,15). The monoisotopic (exact) mass is 205 g/mol. The number of hydrogen-bond donors (Lipinski definition) is 1. The number of carboxylic acids is 1. The number of hydrogen-bond acceptors (Lipinski definition) is 2. The van der Waals surface area contributed by atoms with Crippen molar-refractivity contribution < 1.29 is 9.90 Å². The molecule has 80 valence electrons. The van der Waals surface area contributed by atoms with Gasteiger partial charge in [-0.05, 0) is 12.1 Å². The van der Waals surface area contributed by atoms with Crippen molar-refractivity contribution in [1.82, 2.24) is 0 Å². The fourth-order valence-corrected chi connectivity index (χ4v) is 1.35. The van der Waals surface area contributed by atoms with E-state index in [-0.39, 0.29) is 0 Å². The largest absolute Gasteiger partial charge is 0.478 e. The molecule has 0 aliphatic rings. The van der Waals surface area contributed by atoms with E-state index in [0.717, 1.165) is 11.2 Å². The van der Waals surface area contributed by atoms with E-state index in [1.807, 2.05) is 25.1 Å². The summed E-state index contributed by atoms with van der Waals surface area (Å²) < 4.78 is 0. The molecule has 0 atom stereocenters. The molecule has 0 aliphatic carbocycles. The van der Waals surface area contributed by atoms with Crippen molar-refractivity contribution in [2.24, 2.45) is 0 Å². The average molecular weight is 205 g/mol. The highest BCUT2D eigenvalue weighted by Crippen LogP contribution is 2.12. The minimum atomic E-state index is -0.874. The lowest BCUT2D eigenvalue weighted by Crippen LogP contribution is -2.25. The van der Waals surface area contributed by atoms with Crippen molar-refractivity contribution in [1.29, 1.82) is 0 Å². The highest BCUT2D eigenvalue weighted by atomic mass is 16.4. The van der Waals surface area contributed by atoms with Crippen molar-refractivity contribution >= 4 is 23.8 Å². The van der Waals surface area contributed by atoms with Crippen LogP contribution in [0.4, 0.5) is 5.69 Å². The summed E-state index contributed by atoms with van der Waals surface area (Å²) in [6.45, 7) is 4.45. The number of benzene rings is 1. The summed E-state index contributed by atoms with van der Waals surface area (Å²) in [6.07, 6.45) is 0. The Hall–Kier alpha value is -1.45. The van der Waals surface area contributed by atoms with Gasteiger partial charge in [0, 0.05) is 19.8 Å². The molecule has 3 nitrogen and oxygen atoms in total. The van der Waals surface area contributed by atoms with E-state index in [4.69, 9.17) is 5.11 Å². The van der Waals surface area contributed by atoms with Crippen LogP contribution in [0.2, 0.25) is 13.6 Å². The predicted octanol–water partition coefficient (Wildman–Crippen LogP) is 1.41. The molecule has 0 saturated carbocycles. The third-order valence-corrected chi connectivity index (χ3v) is 2.37. The zero-order valence-electron chi connectivity index (χ0n) is 9.61. The summed E-state index contributed by atoms with van der Waals surface area (Å²) >= 11 is 0. The average Bonchev–Trinajstić information content (AvgIpc) is 2.16. The maximum atomic E-state index is 10.9. The van der Waals surface area contributed by atoms with Crippen molar-refractivity contribution in [2.75, 3.05) is 19.0 Å². The maximum absolute atomic E-state index is 10.9. The maximum Gasteiger partial charge on any atom is 0.335 e. The van der Waals surface area contributed by atoms with Crippen LogP contribution in [0.15, 0.2) is 18.2 Å². The van der Waals surface area contributed by atoms with Gasteiger partial charge in [0.15, 0.2) is 6.71 Å². The van der Waals surface area contributed by atoms with Crippen LogP contribution in [0.25, 0.3) is 0 Å². The molecule has 0 heterocycles. The van der Waals surface area contributed by atoms with Crippen molar-refractivity contribution in [3.8, 4) is 0 Å². The predicted molar refractivity (Wildman–Crippen MR) is 64.8 cm³/mol. The van der Waals surface area contributed by atoms with Gasteiger partial charge in [0.2, 0.25) is 0 Å². The van der Waals surface area contributed by atoms with Crippen LogP contribution in [0.1, 0.15) is 10.4 Å². The molecule has 1 aromatic rings. The number of nitrogens with zero attached hydrogens (tertiary/aromatic N) is 1. The van der Waals surface area contributed by atoms with E-state index in [9.17, 15) is 4.79 Å². The number of carbonyl (C=O) groups is 1. The second-order valence-corrected chi connectivity index (χ2v) is 4.17. The van der Waals surface area contributed by atoms with Gasteiger partial charge in [0.05, 0.1) is 5.56 Å². The van der Waals surface area contributed by atoms with E-state index in [2.05, 4.69) is 13.6 Å². The number of aromatic carboxylic acids is 1. The molecular weight excluding hydrogens is 189 g/mol. The fourth-order valence-electron chi connectivity index (χ4n) is 1.35. The molecule has 0 aromatic heterocycles. The first-order valence-corrected chi connectivity index (χ1v) is 4.97. The van der Waals surface area contributed by atoms with E-state index >= 15 is 0 Å². The first-order valence-electron chi connectivity index (χ1n) is 4.97. The molecule has 15 heavy (non-hydrogen) atoms. The van der Waals surface area contributed by atoms with Crippen LogP contribution in [0.3, 0.4) is 0 Å². The minimum absolute atomic E-state index is 0.336. The van der Waals surface area contributed by atoms with E-state index < -0.39 is 5.97 Å². The minimum Gasteiger partial charge on any atom is -0.478 e. The van der Waals surface area contributed by atoms with Crippen LogP contribution in [0.5, 0.6) is 0 Å². The lowest BCUT2D eigenvalue weighted by molar-refractivity contribution is 0.0697. The van der Waals surface area contributed by atoms with Crippen LogP contribution < -0.4 is 10.4 Å². The molecule has 1 aromatic carbocycles. The first-order chi connectivity index (χ1) is 6.91. The number of rotatable bonds is 3. The Kier molecular flexibility index (Phi) is 3.40. The SMILES string of the molecule is CB(C)c1cc(C(=O)O)cc(N(C)C)c1. The molecule has 0 amide bonds. The summed E-state index contributed by atoms with van der Waals surface area (Å²) in [5, 5.41) is 8.98. The Morgan fingerprint density at radius 2 is 1.87 bits per heavy atom. The van der Waals surface area contributed by atoms with Crippen molar-refractivity contribution in [3.05, 3.63) is 23.8 Å². The van der Waals surface area contributed by atoms with Gasteiger partial charge in [-0.25, -0.2) is 4.79 Å². The second-order valence-electron chi connectivity index (χ2n) is 4.17. The smallest absolute Gasteiger partial charge is 0.335 e. The van der Waals surface area contributed by atoms with Gasteiger partial charge >= 0.3 is 5.97 Å². The first kappa shape index (κ1) is 11.6. The Balaban J connectivity index is 3.26. The van der Waals surface area contributed by atoms with Gasteiger partial charge in [-0.15, -0.1) is 0 Å². The van der Waals surface area contributed by atoms with Gasteiger partial charge in [0.1, 0.15) is 0 Å².